The predicted octanol–water partition coefficient (Wildman–Crippen LogP) is 2.66. The normalized spacial score (nSPS) is 10.4. The Morgan fingerprint density at radius 1 is 1.06 bits per heavy atom. The zero-order chi connectivity index (χ0) is 24.0. The van der Waals surface area contributed by atoms with Crippen LogP contribution in [0.5, 0.6) is 11.5 Å². The standard InChI is InChI=1S/C22H23N5O5S/c1-12-4-7-14(8-5-12)24-17(28)11-33-22-26-19(23)18(21(30)27-22)25-20(29)13-6-9-15(31-2)16(10-13)32-3/h4-10H,11H2,1-3H3,(H,24,28)(H,25,29)(H3,23,26,27,30). The predicted molar refractivity (Wildman–Crippen MR) is 127 cm³/mol. The molecule has 0 saturated carbocycles. The minimum Gasteiger partial charge on any atom is -0.493 e. The second-order valence-electron chi connectivity index (χ2n) is 6.86. The Balaban J connectivity index is 1.66. The van der Waals surface area contributed by atoms with Crippen molar-refractivity contribution >= 4 is 40.8 Å². The molecule has 2 aromatic carbocycles. The summed E-state index contributed by atoms with van der Waals surface area (Å²) in [6, 6.07) is 11.9. The Morgan fingerprint density at radius 3 is 2.39 bits per heavy atom. The Bertz CT molecular complexity index is 1230. The molecule has 11 heteroatoms. The van der Waals surface area contributed by atoms with Crippen LogP contribution < -0.4 is 31.4 Å². The van der Waals surface area contributed by atoms with Crippen LogP contribution in [0.15, 0.2) is 52.4 Å². The van der Waals surface area contributed by atoms with Gasteiger partial charge in [-0.2, -0.15) is 0 Å². The third-order valence-corrected chi connectivity index (χ3v) is 5.36. The molecule has 10 nitrogen and oxygen atoms in total. The largest absolute Gasteiger partial charge is 0.493 e. The third kappa shape index (κ3) is 6.04. The molecule has 5 N–H and O–H groups in total. The number of methoxy groups -OCH3 is 2. The fraction of sp³-hybridized carbons (Fsp3) is 0.182. The second kappa shape index (κ2) is 10.6. The number of nitrogens with zero attached hydrogens (tertiary/aromatic N) is 1. The SMILES string of the molecule is COc1ccc(C(=O)Nc2c(N)nc(SCC(=O)Nc3ccc(C)cc3)[nH]c2=O)cc1OC. The molecule has 2 amide bonds. The third-order valence-electron chi connectivity index (χ3n) is 4.49. The van der Waals surface area contributed by atoms with E-state index in [9.17, 15) is 14.4 Å². The summed E-state index contributed by atoms with van der Waals surface area (Å²) in [5, 5.41) is 5.37. The lowest BCUT2D eigenvalue weighted by Crippen LogP contribution is -2.23. The number of carbonyl (C=O) groups excluding carboxylic acids is 2. The van der Waals surface area contributed by atoms with E-state index in [1.54, 1.807) is 18.2 Å². The lowest BCUT2D eigenvalue weighted by atomic mass is 10.2. The Labute approximate surface area is 193 Å². The maximum Gasteiger partial charge on any atom is 0.277 e. The Morgan fingerprint density at radius 2 is 1.76 bits per heavy atom. The molecule has 0 radical (unpaired) electrons. The molecule has 3 aromatic rings. The van der Waals surface area contributed by atoms with Gasteiger partial charge in [0.1, 0.15) is 5.69 Å². The molecule has 172 valence electrons. The number of aryl methyl sites for hydroxylation is 1. The average Bonchev–Trinajstić information content (AvgIpc) is 2.81. The zero-order valence-electron chi connectivity index (χ0n) is 18.2. The Hall–Kier alpha value is -3.99. The summed E-state index contributed by atoms with van der Waals surface area (Å²) in [5.41, 5.74) is 7.04. The van der Waals surface area contributed by atoms with Crippen molar-refractivity contribution in [2.24, 2.45) is 0 Å². The van der Waals surface area contributed by atoms with E-state index in [1.165, 1.54) is 26.4 Å². The van der Waals surface area contributed by atoms with Crippen LogP contribution >= 0.6 is 11.8 Å². The summed E-state index contributed by atoms with van der Waals surface area (Å²) in [4.78, 5) is 43.8. The van der Waals surface area contributed by atoms with Gasteiger partial charge in [-0.1, -0.05) is 29.5 Å². The first-order valence-electron chi connectivity index (χ1n) is 9.73. The van der Waals surface area contributed by atoms with Crippen molar-refractivity contribution in [2.75, 3.05) is 36.3 Å². The number of hydrogen-bond donors (Lipinski definition) is 4. The molecule has 0 atom stereocenters. The molecule has 0 bridgehead atoms. The van der Waals surface area contributed by atoms with Gasteiger partial charge in [0.15, 0.2) is 22.5 Å². The van der Waals surface area contributed by atoms with Crippen LogP contribution in [0.25, 0.3) is 0 Å². The molecule has 0 saturated heterocycles. The molecular weight excluding hydrogens is 446 g/mol. The molecular formula is C22H23N5O5S. The minimum atomic E-state index is -0.641. The highest BCUT2D eigenvalue weighted by Crippen LogP contribution is 2.28. The second-order valence-corrected chi connectivity index (χ2v) is 7.82. The van der Waals surface area contributed by atoms with Gasteiger partial charge >= 0.3 is 0 Å². The molecule has 1 heterocycles. The highest BCUT2D eigenvalue weighted by molar-refractivity contribution is 7.99. The van der Waals surface area contributed by atoms with Crippen molar-refractivity contribution < 1.29 is 19.1 Å². The van der Waals surface area contributed by atoms with Gasteiger partial charge in [0.25, 0.3) is 11.5 Å². The fourth-order valence-electron chi connectivity index (χ4n) is 2.79. The molecule has 33 heavy (non-hydrogen) atoms. The molecule has 0 fully saturated rings. The quantitative estimate of drug-likeness (QED) is 0.291. The minimum absolute atomic E-state index is 0.00754. The number of benzene rings is 2. The van der Waals surface area contributed by atoms with E-state index >= 15 is 0 Å². The van der Waals surface area contributed by atoms with Crippen molar-refractivity contribution in [1.82, 2.24) is 9.97 Å². The fourth-order valence-corrected chi connectivity index (χ4v) is 3.46. The smallest absolute Gasteiger partial charge is 0.277 e. The number of aromatic amines is 1. The number of H-pyrrole nitrogens is 1. The van der Waals surface area contributed by atoms with Crippen LogP contribution in [0.2, 0.25) is 0 Å². The number of nitrogens with two attached hydrogens (primary N) is 1. The Kier molecular flexibility index (Phi) is 7.57. The van der Waals surface area contributed by atoms with Crippen LogP contribution in [0.3, 0.4) is 0 Å². The number of anilines is 3. The number of nitrogen functional groups attached to an aromatic ring is 1. The number of rotatable bonds is 8. The molecule has 3 rings (SSSR count). The van der Waals surface area contributed by atoms with Crippen LogP contribution in [0.1, 0.15) is 15.9 Å². The van der Waals surface area contributed by atoms with E-state index in [2.05, 4.69) is 20.6 Å². The first kappa shape index (κ1) is 23.7. The van der Waals surface area contributed by atoms with Crippen molar-refractivity contribution in [2.45, 2.75) is 12.1 Å². The molecule has 0 aliphatic heterocycles. The molecule has 1 aromatic heterocycles. The summed E-state index contributed by atoms with van der Waals surface area (Å²) < 4.78 is 10.3. The summed E-state index contributed by atoms with van der Waals surface area (Å²) in [7, 11) is 2.93. The molecule has 0 unspecified atom stereocenters. The van der Waals surface area contributed by atoms with E-state index in [1.807, 2.05) is 19.1 Å². The summed E-state index contributed by atoms with van der Waals surface area (Å²) >= 11 is 1.01. The van der Waals surface area contributed by atoms with Gasteiger partial charge in [-0.3, -0.25) is 19.4 Å². The van der Waals surface area contributed by atoms with Crippen LogP contribution in [0.4, 0.5) is 17.2 Å². The number of ether oxygens (including phenoxy) is 2. The number of thioether (sulfide) groups is 1. The van der Waals surface area contributed by atoms with E-state index in [-0.39, 0.29) is 33.9 Å². The highest BCUT2D eigenvalue weighted by Gasteiger charge is 2.16. The average molecular weight is 470 g/mol. The summed E-state index contributed by atoms with van der Waals surface area (Å²) in [5.74, 6) is -0.187. The van der Waals surface area contributed by atoms with Crippen molar-refractivity contribution in [1.29, 1.82) is 0 Å². The van der Waals surface area contributed by atoms with Gasteiger partial charge in [-0.05, 0) is 37.3 Å². The van der Waals surface area contributed by atoms with Gasteiger partial charge in [-0.15, -0.1) is 0 Å². The first-order valence-corrected chi connectivity index (χ1v) is 10.7. The number of carbonyl (C=O) groups is 2. The maximum absolute atomic E-state index is 12.6. The number of amides is 2. The van der Waals surface area contributed by atoms with Crippen molar-refractivity contribution in [3.05, 3.63) is 63.9 Å². The van der Waals surface area contributed by atoms with Crippen LogP contribution in [-0.2, 0) is 4.79 Å². The van der Waals surface area contributed by atoms with Crippen LogP contribution in [0, 0.1) is 6.92 Å². The monoisotopic (exact) mass is 469 g/mol. The van der Waals surface area contributed by atoms with Crippen molar-refractivity contribution in [3.8, 4) is 11.5 Å². The van der Waals surface area contributed by atoms with E-state index in [0.29, 0.717) is 17.2 Å². The topological polar surface area (TPSA) is 148 Å². The molecule has 0 spiro atoms. The maximum atomic E-state index is 12.6. The van der Waals surface area contributed by atoms with E-state index < -0.39 is 11.5 Å². The van der Waals surface area contributed by atoms with Gasteiger partial charge < -0.3 is 25.8 Å². The molecule has 0 aliphatic carbocycles. The lowest BCUT2D eigenvalue weighted by Gasteiger charge is -2.11. The van der Waals surface area contributed by atoms with Crippen LogP contribution in [-0.4, -0.2) is 41.8 Å². The number of nitrogens with one attached hydrogen (secondary N) is 3. The zero-order valence-corrected chi connectivity index (χ0v) is 19.0. The van der Waals surface area contributed by atoms with Crippen molar-refractivity contribution in [3.63, 3.8) is 0 Å². The highest BCUT2D eigenvalue weighted by atomic mass is 32.2. The van der Waals surface area contributed by atoms with Gasteiger partial charge in [0.2, 0.25) is 5.91 Å². The summed E-state index contributed by atoms with van der Waals surface area (Å²) in [6.07, 6.45) is 0. The summed E-state index contributed by atoms with van der Waals surface area (Å²) in [6.45, 7) is 1.95. The lowest BCUT2D eigenvalue weighted by molar-refractivity contribution is -0.113. The van der Waals surface area contributed by atoms with E-state index in [0.717, 1.165) is 17.3 Å². The number of hydrogen-bond acceptors (Lipinski definition) is 8. The molecule has 0 aliphatic rings. The van der Waals surface area contributed by atoms with Gasteiger partial charge in [-0.25, -0.2) is 4.98 Å². The first-order chi connectivity index (χ1) is 15.8. The van der Waals surface area contributed by atoms with E-state index in [4.69, 9.17) is 15.2 Å². The van der Waals surface area contributed by atoms with Gasteiger partial charge in [0, 0.05) is 11.3 Å². The van der Waals surface area contributed by atoms with Gasteiger partial charge in [0.05, 0.1) is 20.0 Å². The number of aromatic nitrogens is 2.